The van der Waals surface area contributed by atoms with Crippen molar-refractivity contribution in [2.75, 3.05) is 37.3 Å². The number of hydrogen-bond acceptors (Lipinski definition) is 10. The lowest BCUT2D eigenvalue weighted by Gasteiger charge is -2.16. The molecule has 4 amide bonds. The number of aromatic nitrogens is 4. The minimum absolute atomic E-state index is 0.00474. The SMILES string of the molecule is O=C(CCCCCNC(=O)CCCCC1SC[C@@H]2NC(=O)N[C@H]12)NCCCCNc1ncnc2c1cnn2C1CCC(CO)O1. The number of nitrogens with zero attached hydrogens (tertiary/aromatic N) is 4. The lowest BCUT2D eigenvalue weighted by atomic mass is 10.0. The van der Waals surface area contributed by atoms with Crippen molar-refractivity contribution in [3.8, 4) is 0 Å². The normalized spacial score (nSPS) is 23.9. The van der Waals surface area contributed by atoms with Gasteiger partial charge in [-0.25, -0.2) is 19.4 Å². The number of amides is 4. The highest BCUT2D eigenvalue weighted by molar-refractivity contribution is 8.00. The van der Waals surface area contributed by atoms with E-state index in [0.29, 0.717) is 43.4 Å². The molecular weight excluding hydrogens is 598 g/mol. The minimum Gasteiger partial charge on any atom is -0.394 e. The smallest absolute Gasteiger partial charge is 0.315 e. The second-order valence-electron chi connectivity index (χ2n) is 12.0. The molecule has 6 N–H and O–H groups in total. The summed E-state index contributed by atoms with van der Waals surface area (Å²) in [5.41, 5.74) is 0.703. The number of nitrogens with one attached hydrogen (secondary N) is 5. The predicted octanol–water partition coefficient (Wildman–Crippen LogP) is 2.21. The first kappa shape index (κ1) is 33.2. The number of ether oxygens (including phenoxy) is 1. The molecule has 2 aromatic heterocycles. The van der Waals surface area contributed by atoms with Gasteiger partial charge in [-0.05, 0) is 51.4 Å². The maximum absolute atomic E-state index is 12.2. The summed E-state index contributed by atoms with van der Waals surface area (Å²) in [5, 5.41) is 30.4. The zero-order valence-corrected chi connectivity index (χ0v) is 26.7. The molecule has 5 rings (SSSR count). The number of hydrogen-bond donors (Lipinski definition) is 6. The van der Waals surface area contributed by atoms with E-state index < -0.39 is 0 Å². The molecule has 5 heterocycles. The van der Waals surface area contributed by atoms with Gasteiger partial charge in [0, 0.05) is 43.5 Å². The third-order valence-electron chi connectivity index (χ3n) is 8.65. The molecule has 3 unspecified atom stereocenters. The van der Waals surface area contributed by atoms with Crippen LogP contribution in [0.1, 0.15) is 83.3 Å². The summed E-state index contributed by atoms with van der Waals surface area (Å²) in [6, 6.07) is 0.413. The lowest BCUT2D eigenvalue weighted by molar-refractivity contribution is -0.122. The van der Waals surface area contributed by atoms with Crippen molar-refractivity contribution in [2.24, 2.45) is 0 Å². The number of aliphatic hydroxyl groups excluding tert-OH is 1. The van der Waals surface area contributed by atoms with Crippen molar-refractivity contribution in [1.82, 2.24) is 41.0 Å². The fourth-order valence-corrected chi connectivity index (χ4v) is 7.71. The second kappa shape index (κ2) is 16.9. The van der Waals surface area contributed by atoms with Crippen molar-refractivity contribution in [2.45, 2.75) is 107 Å². The molecule has 2 aromatic rings. The van der Waals surface area contributed by atoms with E-state index in [4.69, 9.17) is 4.74 Å². The van der Waals surface area contributed by atoms with E-state index in [0.717, 1.165) is 81.2 Å². The van der Waals surface area contributed by atoms with Crippen LogP contribution in [0, 0.1) is 0 Å². The Bertz CT molecular complexity index is 1280. The first-order valence-corrected chi connectivity index (χ1v) is 17.5. The molecule has 3 saturated heterocycles. The Labute approximate surface area is 268 Å². The van der Waals surface area contributed by atoms with E-state index in [1.807, 2.05) is 11.8 Å². The molecule has 5 atom stereocenters. The zero-order chi connectivity index (χ0) is 31.4. The van der Waals surface area contributed by atoms with Gasteiger partial charge in [-0.1, -0.05) is 12.8 Å². The van der Waals surface area contributed by atoms with E-state index >= 15 is 0 Å². The van der Waals surface area contributed by atoms with Crippen molar-refractivity contribution < 1.29 is 24.2 Å². The van der Waals surface area contributed by atoms with Gasteiger partial charge in [0.15, 0.2) is 11.9 Å². The third-order valence-corrected chi connectivity index (χ3v) is 10.2. The molecule has 248 valence electrons. The second-order valence-corrected chi connectivity index (χ2v) is 13.3. The minimum atomic E-state index is -0.231. The molecule has 0 aromatic carbocycles. The van der Waals surface area contributed by atoms with Gasteiger partial charge < -0.3 is 36.4 Å². The molecule has 0 saturated carbocycles. The summed E-state index contributed by atoms with van der Waals surface area (Å²) >= 11 is 1.91. The van der Waals surface area contributed by atoms with Gasteiger partial charge in [0.2, 0.25) is 11.8 Å². The highest BCUT2D eigenvalue weighted by Gasteiger charge is 2.42. The number of anilines is 1. The largest absolute Gasteiger partial charge is 0.394 e. The summed E-state index contributed by atoms with van der Waals surface area (Å²) in [6.45, 7) is 1.99. The first-order chi connectivity index (χ1) is 22.0. The summed E-state index contributed by atoms with van der Waals surface area (Å²) in [7, 11) is 0. The van der Waals surface area contributed by atoms with Gasteiger partial charge in [-0.15, -0.1) is 0 Å². The first-order valence-electron chi connectivity index (χ1n) is 16.4. The molecule has 45 heavy (non-hydrogen) atoms. The predicted molar refractivity (Wildman–Crippen MR) is 172 cm³/mol. The number of carbonyl (C=O) groups excluding carboxylic acids is 3. The Kier molecular flexibility index (Phi) is 12.5. The van der Waals surface area contributed by atoms with Crippen LogP contribution in [0.3, 0.4) is 0 Å². The van der Waals surface area contributed by atoms with Gasteiger partial charge in [-0.2, -0.15) is 16.9 Å². The maximum atomic E-state index is 12.2. The summed E-state index contributed by atoms with van der Waals surface area (Å²) < 4.78 is 7.60. The van der Waals surface area contributed by atoms with Crippen LogP contribution in [0.5, 0.6) is 0 Å². The Balaban J connectivity index is 0.838. The van der Waals surface area contributed by atoms with Crippen LogP contribution in [0.4, 0.5) is 10.6 Å². The number of unbranched alkanes of at least 4 members (excludes halogenated alkanes) is 4. The van der Waals surface area contributed by atoms with Crippen molar-refractivity contribution in [3.05, 3.63) is 12.5 Å². The molecule has 0 spiro atoms. The van der Waals surface area contributed by atoms with Crippen LogP contribution >= 0.6 is 11.8 Å². The number of thioether (sulfide) groups is 1. The summed E-state index contributed by atoms with van der Waals surface area (Å²) in [6.07, 6.45) is 12.6. The van der Waals surface area contributed by atoms with E-state index in [9.17, 15) is 19.5 Å². The number of fused-ring (bicyclic) bond motifs is 2. The highest BCUT2D eigenvalue weighted by Crippen LogP contribution is 2.33. The molecule has 0 bridgehead atoms. The Hall–Kier alpha value is -3.17. The Morgan fingerprint density at radius 1 is 0.978 bits per heavy atom. The van der Waals surface area contributed by atoms with Crippen molar-refractivity contribution in [3.63, 3.8) is 0 Å². The average Bonchev–Trinajstić information content (AvgIpc) is 3.83. The van der Waals surface area contributed by atoms with Crippen LogP contribution in [0.15, 0.2) is 12.5 Å². The number of aliphatic hydroxyl groups is 1. The highest BCUT2D eigenvalue weighted by atomic mass is 32.2. The lowest BCUT2D eigenvalue weighted by Crippen LogP contribution is -2.36. The molecule has 14 nitrogen and oxygen atoms in total. The molecule has 3 aliphatic rings. The molecule has 15 heteroatoms. The summed E-state index contributed by atoms with van der Waals surface area (Å²) in [5.74, 6) is 1.83. The molecule has 0 aliphatic carbocycles. The Morgan fingerprint density at radius 2 is 1.73 bits per heavy atom. The number of carbonyl (C=O) groups is 3. The van der Waals surface area contributed by atoms with Gasteiger partial charge in [0.05, 0.1) is 36.4 Å². The van der Waals surface area contributed by atoms with Crippen molar-refractivity contribution >= 4 is 46.5 Å². The van der Waals surface area contributed by atoms with Gasteiger partial charge >= 0.3 is 6.03 Å². The van der Waals surface area contributed by atoms with E-state index in [1.54, 1.807) is 10.9 Å². The molecule has 3 fully saturated rings. The van der Waals surface area contributed by atoms with Crippen LogP contribution in [-0.4, -0.2) is 98.1 Å². The third kappa shape index (κ3) is 9.42. The Morgan fingerprint density at radius 3 is 2.51 bits per heavy atom. The van der Waals surface area contributed by atoms with E-state index in [2.05, 4.69) is 41.7 Å². The fourth-order valence-electron chi connectivity index (χ4n) is 6.17. The van der Waals surface area contributed by atoms with Crippen LogP contribution in [0.2, 0.25) is 0 Å². The maximum Gasteiger partial charge on any atom is 0.315 e. The number of urea groups is 1. The fraction of sp³-hybridized carbons (Fsp3) is 0.733. The van der Waals surface area contributed by atoms with Gasteiger partial charge in [-0.3, -0.25) is 9.59 Å². The van der Waals surface area contributed by atoms with Crippen LogP contribution in [0.25, 0.3) is 11.0 Å². The van der Waals surface area contributed by atoms with E-state index in [1.165, 1.54) is 6.33 Å². The zero-order valence-electron chi connectivity index (χ0n) is 25.8. The van der Waals surface area contributed by atoms with Crippen molar-refractivity contribution in [1.29, 1.82) is 0 Å². The monoisotopic (exact) mass is 645 g/mol. The van der Waals surface area contributed by atoms with Gasteiger partial charge in [0.25, 0.3) is 0 Å². The standard InChI is InChI=1S/C30H47N9O5S/c40-17-20-11-12-26(44-20)39-29-21(16-36-39)28(34-19-35-29)33-15-7-6-14-32-24(41)9-2-1-5-13-31-25(42)10-4-3-8-23-27-22(18-45-23)37-30(43)38-27/h16,19-20,22-23,26-27,40H,1-15,17-18H2,(H,31,42)(H,32,41)(H,33,34,35)(H2,37,38,43)/t20?,22-,23?,26?,27-/m0/s1. The topological polar surface area (TPSA) is 184 Å². The average molecular weight is 646 g/mol. The molecule has 0 radical (unpaired) electrons. The molecule has 3 aliphatic heterocycles. The van der Waals surface area contributed by atoms with Gasteiger partial charge in [0.1, 0.15) is 12.1 Å². The summed E-state index contributed by atoms with van der Waals surface area (Å²) in [4.78, 5) is 44.6. The quantitative estimate of drug-likeness (QED) is 0.0978. The molecular formula is C30H47N9O5S. The van der Waals surface area contributed by atoms with E-state index in [-0.39, 0.29) is 48.9 Å². The number of rotatable bonds is 19. The van der Waals surface area contributed by atoms with Crippen LogP contribution in [-0.2, 0) is 14.3 Å². The van der Waals surface area contributed by atoms with Crippen LogP contribution < -0.4 is 26.6 Å².